The third-order valence-corrected chi connectivity index (χ3v) is 8.14. The fourth-order valence-corrected chi connectivity index (χ4v) is 5.88. The van der Waals surface area contributed by atoms with Gasteiger partial charge in [-0.25, -0.2) is 0 Å². The van der Waals surface area contributed by atoms with Crippen molar-refractivity contribution in [3.8, 4) is 21.7 Å². The van der Waals surface area contributed by atoms with Crippen molar-refractivity contribution < 1.29 is 34.4 Å². The number of aliphatic hydroxyl groups is 1. The van der Waals surface area contributed by atoms with Gasteiger partial charge in [0, 0.05) is 42.6 Å². The predicted octanol–water partition coefficient (Wildman–Crippen LogP) is 10.6. The van der Waals surface area contributed by atoms with Crippen LogP contribution in [0.1, 0.15) is 64.5 Å². The molecule has 0 bridgehead atoms. The molecule has 217 valence electrons. The maximum atomic E-state index is 10.0. The quantitative estimate of drug-likeness (QED) is 0.108. The SMILES string of the molecule is CC(=O)/C=C(/C)O.CC(C)c1cc(-c2cc3cc(-c4[c-]ccc5c4oc4ccccc45)ncc3s2)cc(C(C)C)c1.[Ir]. The zero-order valence-corrected chi connectivity index (χ0v) is 27.8. The number of fused-ring (bicyclic) bond motifs is 4. The molecule has 1 N–H and O–H groups in total. The van der Waals surface area contributed by atoms with Crippen molar-refractivity contribution in [3.63, 3.8) is 0 Å². The van der Waals surface area contributed by atoms with E-state index in [1.807, 2.05) is 30.5 Å². The van der Waals surface area contributed by atoms with E-state index in [-0.39, 0.29) is 31.6 Å². The Morgan fingerprint density at radius 1 is 0.952 bits per heavy atom. The van der Waals surface area contributed by atoms with Crippen LogP contribution in [-0.2, 0) is 24.9 Å². The molecular weight excluding hydrogens is 719 g/mol. The van der Waals surface area contributed by atoms with Crippen molar-refractivity contribution in [1.82, 2.24) is 4.98 Å². The summed E-state index contributed by atoms with van der Waals surface area (Å²) in [5, 5.41) is 11.8. The van der Waals surface area contributed by atoms with Crippen molar-refractivity contribution in [2.45, 2.75) is 53.4 Å². The molecule has 3 aromatic heterocycles. The van der Waals surface area contributed by atoms with E-state index in [1.165, 1.54) is 51.6 Å². The second kappa shape index (κ2) is 13.2. The molecule has 0 saturated carbocycles. The van der Waals surface area contributed by atoms with Gasteiger partial charge in [0.1, 0.15) is 5.58 Å². The maximum Gasteiger partial charge on any atom is 0.155 e. The molecule has 0 atom stereocenters. The number of carbonyl (C=O) groups is 1. The number of rotatable bonds is 5. The Morgan fingerprint density at radius 2 is 1.64 bits per heavy atom. The number of aliphatic hydroxyl groups excluding tert-OH is 1. The standard InChI is InChI=1S/C31H26NOS.C5H8O2.Ir/c1-18(2)20-12-21(19(3)4)14-22(13-20)29-16-23-15-27(32-17-30(23)34-29)26-10-7-9-25-24-8-5-6-11-28(24)33-31(25)26;1-4(6)3-5(2)7;/h5-9,11-19H,1-4H3;3,6H,1-2H3;/q-1;;/b;4-3-;. The number of pyridine rings is 1. The minimum absolute atomic E-state index is 0. The van der Waals surface area contributed by atoms with E-state index < -0.39 is 0 Å². The van der Waals surface area contributed by atoms with Crippen LogP contribution in [0.4, 0.5) is 0 Å². The molecule has 1 radical (unpaired) electrons. The Labute approximate surface area is 264 Å². The van der Waals surface area contributed by atoms with Gasteiger partial charge in [-0.15, -0.1) is 29.5 Å². The third-order valence-electron chi connectivity index (χ3n) is 7.01. The van der Waals surface area contributed by atoms with Gasteiger partial charge in [0.25, 0.3) is 0 Å². The fraction of sp³-hybridized carbons (Fsp3) is 0.222. The summed E-state index contributed by atoms with van der Waals surface area (Å²) in [6.07, 6.45) is 3.16. The first kappa shape index (κ1) is 31.4. The second-order valence-corrected chi connectivity index (χ2v) is 12.1. The topological polar surface area (TPSA) is 63.3 Å². The zero-order chi connectivity index (χ0) is 29.3. The van der Waals surface area contributed by atoms with Crippen LogP contribution in [0.15, 0.2) is 89.2 Å². The van der Waals surface area contributed by atoms with Gasteiger partial charge in [0.15, 0.2) is 5.78 Å². The molecular formula is C36H34IrNO3S-. The molecule has 3 aromatic carbocycles. The van der Waals surface area contributed by atoms with Gasteiger partial charge in [-0.05, 0) is 65.6 Å². The predicted molar refractivity (Wildman–Crippen MR) is 172 cm³/mol. The summed E-state index contributed by atoms with van der Waals surface area (Å²) in [6, 6.07) is 27.1. The van der Waals surface area contributed by atoms with E-state index in [9.17, 15) is 4.79 Å². The summed E-state index contributed by atoms with van der Waals surface area (Å²) in [4.78, 5) is 16.1. The number of thiophene rings is 1. The van der Waals surface area contributed by atoms with E-state index in [2.05, 4.69) is 76.2 Å². The number of ketones is 1. The van der Waals surface area contributed by atoms with Gasteiger partial charge in [0.05, 0.1) is 16.0 Å². The summed E-state index contributed by atoms with van der Waals surface area (Å²) >= 11 is 1.81. The van der Waals surface area contributed by atoms with E-state index >= 15 is 0 Å². The minimum atomic E-state index is -0.125. The first-order valence-electron chi connectivity index (χ1n) is 13.9. The third kappa shape index (κ3) is 6.73. The fourth-order valence-electron chi connectivity index (χ4n) is 4.88. The van der Waals surface area contributed by atoms with Crippen LogP contribution in [0.3, 0.4) is 0 Å². The molecule has 3 heterocycles. The molecule has 0 aliphatic heterocycles. The molecule has 0 saturated heterocycles. The molecule has 4 nitrogen and oxygen atoms in total. The molecule has 6 heteroatoms. The van der Waals surface area contributed by atoms with Gasteiger partial charge in [-0.2, -0.15) is 0 Å². The van der Waals surface area contributed by atoms with Crippen LogP contribution in [-0.4, -0.2) is 15.9 Å². The summed E-state index contributed by atoms with van der Waals surface area (Å²) in [6.45, 7) is 11.9. The van der Waals surface area contributed by atoms with Crippen molar-refractivity contribution in [1.29, 1.82) is 0 Å². The maximum absolute atomic E-state index is 10.0. The first-order chi connectivity index (χ1) is 19.6. The number of allylic oxidation sites excluding steroid dienone is 2. The van der Waals surface area contributed by atoms with Crippen LogP contribution < -0.4 is 0 Å². The van der Waals surface area contributed by atoms with Crippen LogP contribution in [0.5, 0.6) is 0 Å². The zero-order valence-electron chi connectivity index (χ0n) is 24.6. The first-order valence-corrected chi connectivity index (χ1v) is 14.7. The molecule has 6 aromatic rings. The van der Waals surface area contributed by atoms with Crippen LogP contribution in [0.25, 0.3) is 53.7 Å². The molecule has 6 rings (SSSR count). The molecule has 0 aliphatic rings. The Kier molecular flexibility index (Phi) is 9.83. The number of hydrogen-bond donors (Lipinski definition) is 1. The number of hydrogen-bond acceptors (Lipinski definition) is 5. The van der Waals surface area contributed by atoms with Gasteiger partial charge < -0.3 is 14.5 Å². The smallest absolute Gasteiger partial charge is 0.155 e. The largest absolute Gasteiger partial charge is 0.512 e. The number of aromatic nitrogens is 1. The Balaban J connectivity index is 0.000000454. The monoisotopic (exact) mass is 753 g/mol. The summed E-state index contributed by atoms with van der Waals surface area (Å²) in [7, 11) is 0. The molecule has 42 heavy (non-hydrogen) atoms. The van der Waals surface area contributed by atoms with Crippen LogP contribution >= 0.6 is 11.3 Å². The van der Waals surface area contributed by atoms with Crippen molar-refractivity contribution in [3.05, 3.63) is 102 Å². The van der Waals surface area contributed by atoms with Gasteiger partial charge in [-0.3, -0.25) is 4.79 Å². The average Bonchev–Trinajstić information content (AvgIpc) is 3.53. The molecule has 0 aliphatic carbocycles. The summed E-state index contributed by atoms with van der Waals surface area (Å²) < 4.78 is 7.42. The second-order valence-electron chi connectivity index (χ2n) is 11.0. The molecule has 0 fully saturated rings. The summed E-state index contributed by atoms with van der Waals surface area (Å²) in [5.74, 6) is 0.937. The number of para-hydroxylation sites is 1. The Morgan fingerprint density at radius 3 is 2.26 bits per heavy atom. The van der Waals surface area contributed by atoms with E-state index in [4.69, 9.17) is 14.5 Å². The average molecular weight is 753 g/mol. The van der Waals surface area contributed by atoms with Gasteiger partial charge in [-0.1, -0.05) is 81.1 Å². The molecule has 0 unspecified atom stereocenters. The molecule has 0 amide bonds. The van der Waals surface area contributed by atoms with E-state index in [0.717, 1.165) is 33.2 Å². The van der Waals surface area contributed by atoms with Gasteiger partial charge >= 0.3 is 0 Å². The number of furan rings is 1. The molecule has 0 spiro atoms. The van der Waals surface area contributed by atoms with E-state index in [0.29, 0.717) is 11.8 Å². The van der Waals surface area contributed by atoms with Crippen molar-refractivity contribution in [2.75, 3.05) is 0 Å². The van der Waals surface area contributed by atoms with Crippen molar-refractivity contribution in [2.24, 2.45) is 0 Å². The Hall–Kier alpha value is -3.57. The van der Waals surface area contributed by atoms with E-state index in [1.54, 1.807) is 11.3 Å². The normalized spacial score (nSPS) is 11.7. The minimum Gasteiger partial charge on any atom is -0.512 e. The Bertz CT molecular complexity index is 1880. The van der Waals surface area contributed by atoms with Crippen LogP contribution in [0.2, 0.25) is 0 Å². The number of nitrogens with zero attached hydrogens (tertiary/aromatic N) is 1. The summed E-state index contributed by atoms with van der Waals surface area (Å²) in [5.41, 5.74) is 7.61. The van der Waals surface area contributed by atoms with Gasteiger partial charge in [0.2, 0.25) is 0 Å². The number of benzene rings is 3. The number of carbonyl (C=O) groups excluding carboxylic acids is 1. The van der Waals surface area contributed by atoms with Crippen LogP contribution in [0, 0.1) is 6.07 Å². The van der Waals surface area contributed by atoms with Crippen molar-refractivity contribution >= 4 is 49.1 Å².